The van der Waals surface area contributed by atoms with Crippen LogP contribution in [-0.2, 0) is 14.6 Å². The molecule has 1 heterocycles. The molecule has 1 aliphatic heterocycles. The molecule has 18 heavy (non-hydrogen) atoms. The van der Waals surface area contributed by atoms with Crippen molar-refractivity contribution in [1.82, 2.24) is 5.32 Å². The number of benzene rings is 1. The predicted octanol–water partition coefficient (Wildman–Crippen LogP) is 0.402. The van der Waals surface area contributed by atoms with E-state index >= 15 is 0 Å². The van der Waals surface area contributed by atoms with Gasteiger partial charge in [-0.3, -0.25) is 4.79 Å². The van der Waals surface area contributed by atoms with Gasteiger partial charge in [0.15, 0.2) is 9.84 Å². The molecule has 0 aliphatic carbocycles. The number of hydrogen-bond acceptors (Lipinski definition) is 4. The van der Waals surface area contributed by atoms with Crippen LogP contribution in [0.25, 0.3) is 0 Å². The average Bonchev–Trinajstić information content (AvgIpc) is 2.67. The molecule has 0 spiro atoms. The van der Waals surface area contributed by atoms with Gasteiger partial charge in [0, 0.05) is 11.7 Å². The van der Waals surface area contributed by atoms with Crippen LogP contribution in [0.15, 0.2) is 30.3 Å². The minimum Gasteiger partial charge on any atom is -0.376 e. The second-order valence-corrected chi connectivity index (χ2v) is 6.62. The van der Waals surface area contributed by atoms with Crippen LogP contribution in [0.5, 0.6) is 0 Å². The van der Waals surface area contributed by atoms with Crippen LogP contribution in [0.1, 0.15) is 6.42 Å². The van der Waals surface area contributed by atoms with Crippen LogP contribution in [0.3, 0.4) is 0 Å². The molecule has 1 aliphatic rings. The van der Waals surface area contributed by atoms with Gasteiger partial charge in [-0.15, -0.1) is 0 Å². The van der Waals surface area contributed by atoms with E-state index in [1.54, 1.807) is 0 Å². The Morgan fingerprint density at radius 1 is 1.28 bits per heavy atom. The van der Waals surface area contributed by atoms with Crippen molar-refractivity contribution in [3.05, 3.63) is 30.3 Å². The van der Waals surface area contributed by atoms with Crippen LogP contribution in [0, 0.1) is 0 Å². The number of amides is 1. The van der Waals surface area contributed by atoms with Gasteiger partial charge < -0.3 is 10.6 Å². The zero-order chi connectivity index (χ0) is 13.0. The summed E-state index contributed by atoms with van der Waals surface area (Å²) >= 11 is 0. The predicted molar refractivity (Wildman–Crippen MR) is 70.1 cm³/mol. The van der Waals surface area contributed by atoms with Gasteiger partial charge in [-0.25, -0.2) is 8.42 Å². The number of rotatable bonds is 4. The zero-order valence-corrected chi connectivity index (χ0v) is 10.7. The molecule has 5 nitrogen and oxygen atoms in total. The van der Waals surface area contributed by atoms with Gasteiger partial charge in [-0.1, -0.05) is 18.2 Å². The summed E-state index contributed by atoms with van der Waals surface area (Å²) in [6.45, 7) is 0.153. The first-order valence-electron chi connectivity index (χ1n) is 5.84. The molecule has 2 N–H and O–H groups in total. The van der Waals surface area contributed by atoms with Crippen molar-refractivity contribution in [2.75, 3.05) is 23.4 Å². The summed E-state index contributed by atoms with van der Waals surface area (Å²) in [5.41, 5.74) is 0.867. The molecular weight excluding hydrogens is 252 g/mol. The van der Waals surface area contributed by atoms with E-state index in [4.69, 9.17) is 0 Å². The smallest absolute Gasteiger partial charge is 0.239 e. The van der Waals surface area contributed by atoms with E-state index in [0.717, 1.165) is 5.69 Å². The van der Waals surface area contributed by atoms with Gasteiger partial charge >= 0.3 is 0 Å². The summed E-state index contributed by atoms with van der Waals surface area (Å²) in [5.74, 6) is 0.0506. The van der Waals surface area contributed by atoms with Crippen LogP contribution in [0.4, 0.5) is 5.69 Å². The molecule has 0 bridgehead atoms. The molecule has 1 amide bonds. The summed E-state index contributed by atoms with van der Waals surface area (Å²) in [4.78, 5) is 11.6. The third-order valence-electron chi connectivity index (χ3n) is 2.82. The maximum Gasteiger partial charge on any atom is 0.239 e. The lowest BCUT2D eigenvalue weighted by molar-refractivity contribution is -0.119. The Morgan fingerprint density at radius 2 is 2.00 bits per heavy atom. The molecule has 0 saturated carbocycles. The Balaban J connectivity index is 1.76. The van der Waals surface area contributed by atoms with E-state index in [0.29, 0.717) is 6.42 Å². The quantitative estimate of drug-likeness (QED) is 0.829. The maximum atomic E-state index is 11.6. The third kappa shape index (κ3) is 3.73. The molecule has 0 radical (unpaired) electrons. The molecule has 1 atom stereocenters. The molecule has 0 unspecified atom stereocenters. The lowest BCUT2D eigenvalue weighted by atomic mass is 10.2. The molecule has 0 aromatic heterocycles. The molecule has 2 rings (SSSR count). The number of hydrogen-bond donors (Lipinski definition) is 2. The van der Waals surface area contributed by atoms with E-state index < -0.39 is 9.84 Å². The van der Waals surface area contributed by atoms with Gasteiger partial charge in [0.1, 0.15) is 0 Å². The first-order chi connectivity index (χ1) is 8.55. The molecular formula is C12H16N2O3S. The number of carbonyl (C=O) groups is 1. The van der Waals surface area contributed by atoms with E-state index in [1.807, 2.05) is 30.3 Å². The second kappa shape index (κ2) is 5.39. The fourth-order valence-corrected chi connectivity index (χ4v) is 3.60. The third-order valence-corrected chi connectivity index (χ3v) is 4.59. The molecule has 1 aromatic carbocycles. The van der Waals surface area contributed by atoms with Crippen molar-refractivity contribution >= 4 is 21.4 Å². The van der Waals surface area contributed by atoms with Gasteiger partial charge in [0.05, 0.1) is 18.1 Å². The van der Waals surface area contributed by atoms with Crippen molar-refractivity contribution in [1.29, 1.82) is 0 Å². The number of sulfone groups is 1. The molecule has 98 valence electrons. The van der Waals surface area contributed by atoms with E-state index in [2.05, 4.69) is 10.6 Å². The lowest BCUT2D eigenvalue weighted by Gasteiger charge is -2.11. The monoisotopic (exact) mass is 268 g/mol. The van der Waals surface area contributed by atoms with E-state index in [9.17, 15) is 13.2 Å². The average molecular weight is 268 g/mol. The highest BCUT2D eigenvalue weighted by Crippen LogP contribution is 2.11. The highest BCUT2D eigenvalue weighted by Gasteiger charge is 2.28. The first-order valence-corrected chi connectivity index (χ1v) is 7.66. The second-order valence-electron chi connectivity index (χ2n) is 4.39. The van der Waals surface area contributed by atoms with Crippen molar-refractivity contribution < 1.29 is 13.2 Å². The Labute approximate surface area is 107 Å². The van der Waals surface area contributed by atoms with Crippen LogP contribution in [0.2, 0.25) is 0 Å². The zero-order valence-electron chi connectivity index (χ0n) is 9.93. The minimum absolute atomic E-state index is 0.0596. The highest BCUT2D eigenvalue weighted by molar-refractivity contribution is 7.91. The van der Waals surface area contributed by atoms with E-state index in [1.165, 1.54) is 0 Å². The van der Waals surface area contributed by atoms with Gasteiger partial charge in [-0.05, 0) is 18.6 Å². The standard InChI is InChI=1S/C12H16N2O3S/c15-12(8-13-10-4-2-1-3-5-10)14-11-6-7-18(16,17)9-11/h1-5,11,13H,6-9H2,(H,14,15)/t11-/m1/s1. The number of carbonyl (C=O) groups excluding carboxylic acids is 1. The Morgan fingerprint density at radius 3 is 2.61 bits per heavy atom. The van der Waals surface area contributed by atoms with Crippen molar-refractivity contribution in [3.63, 3.8) is 0 Å². The summed E-state index contributed by atoms with van der Waals surface area (Å²) in [6, 6.07) is 9.16. The summed E-state index contributed by atoms with van der Waals surface area (Å²) in [6.07, 6.45) is 0.513. The van der Waals surface area contributed by atoms with E-state index in [-0.39, 0.29) is 30.0 Å². The fraction of sp³-hybridized carbons (Fsp3) is 0.417. The largest absolute Gasteiger partial charge is 0.376 e. The van der Waals surface area contributed by atoms with Crippen LogP contribution < -0.4 is 10.6 Å². The summed E-state index contributed by atoms with van der Waals surface area (Å²) in [7, 11) is -2.94. The fourth-order valence-electron chi connectivity index (χ4n) is 1.93. The molecule has 1 aromatic rings. The SMILES string of the molecule is O=C(CNc1ccccc1)N[C@@H]1CCS(=O)(=O)C1. The summed E-state index contributed by atoms with van der Waals surface area (Å²) in [5, 5.41) is 5.70. The van der Waals surface area contributed by atoms with Crippen molar-refractivity contribution in [2.24, 2.45) is 0 Å². The molecule has 1 saturated heterocycles. The van der Waals surface area contributed by atoms with Gasteiger partial charge in [0.25, 0.3) is 0 Å². The van der Waals surface area contributed by atoms with Gasteiger partial charge in [0.2, 0.25) is 5.91 Å². The van der Waals surface area contributed by atoms with Crippen LogP contribution in [-0.4, -0.2) is 38.4 Å². The minimum atomic E-state index is -2.94. The molecule has 1 fully saturated rings. The Hall–Kier alpha value is -1.56. The highest BCUT2D eigenvalue weighted by atomic mass is 32.2. The summed E-state index contributed by atoms with van der Waals surface area (Å²) < 4.78 is 22.5. The number of nitrogens with one attached hydrogen (secondary N) is 2. The lowest BCUT2D eigenvalue weighted by Crippen LogP contribution is -2.39. The van der Waals surface area contributed by atoms with Crippen molar-refractivity contribution in [2.45, 2.75) is 12.5 Å². The maximum absolute atomic E-state index is 11.6. The van der Waals surface area contributed by atoms with Crippen LogP contribution >= 0.6 is 0 Å². The number of para-hydroxylation sites is 1. The number of anilines is 1. The van der Waals surface area contributed by atoms with Gasteiger partial charge in [-0.2, -0.15) is 0 Å². The topological polar surface area (TPSA) is 75.3 Å². The van der Waals surface area contributed by atoms with Crippen molar-refractivity contribution in [3.8, 4) is 0 Å². The Bertz CT molecular complexity index is 513. The first kappa shape index (κ1) is 12.9. The molecule has 6 heteroatoms. The normalized spacial score (nSPS) is 21.4. The Kier molecular flexibility index (Phi) is 3.86.